The Bertz CT molecular complexity index is 231. The molecule has 1 aliphatic carbocycles. The van der Waals surface area contributed by atoms with E-state index in [-0.39, 0.29) is 17.0 Å². The molecule has 1 saturated carbocycles. The topological polar surface area (TPSA) is 38.3 Å². The standard InChI is InChI=1S/C11H20ClNO2/c1-10(2,8-12)13-9(14)7-11(15-3)5-4-6-11/h4-8H2,1-3H3,(H,13,14). The second-order valence-corrected chi connectivity index (χ2v) is 5.25. The van der Waals surface area contributed by atoms with E-state index in [1.807, 2.05) is 13.8 Å². The average molecular weight is 234 g/mol. The molecule has 0 bridgehead atoms. The van der Waals surface area contributed by atoms with Crippen LogP contribution in [0.15, 0.2) is 0 Å². The molecule has 0 saturated heterocycles. The first-order valence-electron chi connectivity index (χ1n) is 5.35. The number of halogens is 1. The van der Waals surface area contributed by atoms with Crippen molar-refractivity contribution in [3.8, 4) is 0 Å². The van der Waals surface area contributed by atoms with Crippen LogP contribution in [-0.2, 0) is 9.53 Å². The third-order valence-electron chi connectivity index (χ3n) is 2.99. The molecule has 0 spiro atoms. The molecule has 1 N–H and O–H groups in total. The van der Waals surface area contributed by atoms with Gasteiger partial charge < -0.3 is 10.1 Å². The SMILES string of the molecule is COC1(CC(=O)NC(C)(C)CCl)CCC1. The van der Waals surface area contributed by atoms with Crippen LogP contribution in [0.1, 0.15) is 39.5 Å². The van der Waals surface area contributed by atoms with E-state index in [9.17, 15) is 4.79 Å². The fourth-order valence-corrected chi connectivity index (χ4v) is 1.84. The number of nitrogens with one attached hydrogen (secondary N) is 1. The molecule has 15 heavy (non-hydrogen) atoms. The van der Waals surface area contributed by atoms with Gasteiger partial charge in [-0.15, -0.1) is 11.6 Å². The van der Waals surface area contributed by atoms with Crippen molar-refractivity contribution in [2.24, 2.45) is 0 Å². The Hall–Kier alpha value is -0.280. The summed E-state index contributed by atoms with van der Waals surface area (Å²) in [4.78, 5) is 11.7. The highest BCUT2D eigenvalue weighted by atomic mass is 35.5. The van der Waals surface area contributed by atoms with Crippen LogP contribution in [0, 0.1) is 0 Å². The summed E-state index contributed by atoms with van der Waals surface area (Å²) < 4.78 is 5.40. The van der Waals surface area contributed by atoms with Crippen molar-refractivity contribution >= 4 is 17.5 Å². The number of hydrogen-bond acceptors (Lipinski definition) is 2. The maximum atomic E-state index is 11.7. The van der Waals surface area contributed by atoms with Crippen LogP contribution < -0.4 is 5.32 Å². The number of amides is 1. The zero-order valence-electron chi connectivity index (χ0n) is 9.73. The highest BCUT2D eigenvalue weighted by molar-refractivity contribution is 6.18. The minimum Gasteiger partial charge on any atom is -0.378 e. The molecular weight excluding hydrogens is 214 g/mol. The summed E-state index contributed by atoms with van der Waals surface area (Å²) in [5.41, 5.74) is -0.538. The van der Waals surface area contributed by atoms with Crippen molar-refractivity contribution in [1.82, 2.24) is 5.32 Å². The minimum atomic E-state index is -0.336. The second-order valence-electron chi connectivity index (χ2n) is 4.98. The van der Waals surface area contributed by atoms with E-state index in [0.717, 1.165) is 19.3 Å². The second kappa shape index (κ2) is 4.71. The first kappa shape index (κ1) is 12.8. The van der Waals surface area contributed by atoms with E-state index in [1.54, 1.807) is 7.11 Å². The molecule has 1 rings (SSSR count). The number of carbonyl (C=O) groups excluding carboxylic acids is 1. The van der Waals surface area contributed by atoms with Crippen molar-refractivity contribution in [2.45, 2.75) is 50.7 Å². The molecule has 0 aliphatic heterocycles. The van der Waals surface area contributed by atoms with E-state index < -0.39 is 0 Å². The van der Waals surface area contributed by atoms with Crippen LogP contribution in [-0.4, -0.2) is 30.0 Å². The maximum absolute atomic E-state index is 11.7. The van der Waals surface area contributed by atoms with E-state index in [1.165, 1.54) is 0 Å². The lowest BCUT2D eigenvalue weighted by Gasteiger charge is -2.40. The monoisotopic (exact) mass is 233 g/mol. The first-order valence-corrected chi connectivity index (χ1v) is 5.89. The third kappa shape index (κ3) is 3.35. The first-order chi connectivity index (χ1) is 6.93. The molecule has 0 aromatic rings. The van der Waals surface area contributed by atoms with Gasteiger partial charge in [0.15, 0.2) is 0 Å². The van der Waals surface area contributed by atoms with E-state index in [2.05, 4.69) is 5.32 Å². The predicted octanol–water partition coefficient (Wildman–Crippen LogP) is 2.08. The summed E-state index contributed by atoms with van der Waals surface area (Å²) in [7, 11) is 1.68. The lowest BCUT2D eigenvalue weighted by atomic mass is 9.77. The van der Waals surface area contributed by atoms with Gasteiger partial charge in [-0.1, -0.05) is 0 Å². The zero-order chi connectivity index (χ0) is 11.5. The smallest absolute Gasteiger partial charge is 0.223 e. The molecule has 1 fully saturated rings. The quantitative estimate of drug-likeness (QED) is 0.739. The van der Waals surface area contributed by atoms with Crippen LogP contribution in [0.5, 0.6) is 0 Å². The van der Waals surface area contributed by atoms with Crippen LogP contribution >= 0.6 is 11.6 Å². The molecule has 4 heteroatoms. The molecule has 88 valence electrons. The molecule has 1 amide bonds. The molecule has 0 unspecified atom stereocenters. The summed E-state index contributed by atoms with van der Waals surface area (Å²) in [6, 6.07) is 0. The van der Waals surface area contributed by atoms with Gasteiger partial charge in [0.25, 0.3) is 0 Å². The Morgan fingerprint density at radius 1 is 1.53 bits per heavy atom. The number of rotatable bonds is 5. The molecule has 0 radical (unpaired) electrons. The van der Waals surface area contributed by atoms with Gasteiger partial charge in [-0.3, -0.25) is 4.79 Å². The highest BCUT2D eigenvalue weighted by Crippen LogP contribution is 2.37. The van der Waals surface area contributed by atoms with Crippen LogP contribution in [0.2, 0.25) is 0 Å². The van der Waals surface area contributed by atoms with E-state index >= 15 is 0 Å². The lowest BCUT2D eigenvalue weighted by molar-refractivity contribution is -0.135. The molecular formula is C11H20ClNO2. The number of alkyl halides is 1. The molecule has 1 aliphatic rings. The van der Waals surface area contributed by atoms with E-state index in [0.29, 0.717) is 12.3 Å². The van der Waals surface area contributed by atoms with Crippen LogP contribution in [0.3, 0.4) is 0 Å². The largest absolute Gasteiger partial charge is 0.378 e. The highest BCUT2D eigenvalue weighted by Gasteiger charge is 2.39. The predicted molar refractivity (Wildman–Crippen MR) is 61.1 cm³/mol. The van der Waals surface area contributed by atoms with Gasteiger partial charge in [-0.25, -0.2) is 0 Å². The number of carbonyl (C=O) groups is 1. The van der Waals surface area contributed by atoms with Crippen molar-refractivity contribution < 1.29 is 9.53 Å². The average Bonchev–Trinajstić information content (AvgIpc) is 2.11. The van der Waals surface area contributed by atoms with Gasteiger partial charge >= 0.3 is 0 Å². The Morgan fingerprint density at radius 2 is 2.13 bits per heavy atom. The number of ether oxygens (including phenoxy) is 1. The van der Waals surface area contributed by atoms with Crippen molar-refractivity contribution in [1.29, 1.82) is 0 Å². The van der Waals surface area contributed by atoms with Crippen LogP contribution in [0.25, 0.3) is 0 Å². The Labute approximate surface area is 96.5 Å². The van der Waals surface area contributed by atoms with Crippen molar-refractivity contribution in [2.75, 3.05) is 13.0 Å². The van der Waals surface area contributed by atoms with Gasteiger partial charge in [-0.05, 0) is 33.1 Å². The molecule has 0 heterocycles. The summed E-state index contributed by atoms with van der Waals surface area (Å²) in [6.07, 6.45) is 3.57. The van der Waals surface area contributed by atoms with Gasteiger partial charge in [0.05, 0.1) is 12.0 Å². The zero-order valence-corrected chi connectivity index (χ0v) is 10.5. The number of hydrogen-bond donors (Lipinski definition) is 1. The lowest BCUT2D eigenvalue weighted by Crippen LogP contribution is -2.50. The van der Waals surface area contributed by atoms with Crippen LogP contribution in [0.4, 0.5) is 0 Å². The summed E-state index contributed by atoms with van der Waals surface area (Å²) >= 11 is 5.74. The van der Waals surface area contributed by atoms with E-state index in [4.69, 9.17) is 16.3 Å². The summed E-state index contributed by atoms with van der Waals surface area (Å²) in [6.45, 7) is 3.83. The maximum Gasteiger partial charge on any atom is 0.223 e. The molecule has 0 atom stereocenters. The number of methoxy groups -OCH3 is 1. The minimum absolute atomic E-state index is 0.0298. The third-order valence-corrected chi connectivity index (χ3v) is 3.66. The van der Waals surface area contributed by atoms with Gasteiger partial charge in [0.1, 0.15) is 0 Å². The Kier molecular flexibility index (Phi) is 4.01. The molecule has 0 aromatic carbocycles. The molecule has 0 aromatic heterocycles. The molecule has 3 nitrogen and oxygen atoms in total. The van der Waals surface area contributed by atoms with Gasteiger partial charge in [-0.2, -0.15) is 0 Å². The Morgan fingerprint density at radius 3 is 2.47 bits per heavy atom. The Balaban J connectivity index is 2.42. The summed E-state index contributed by atoms with van der Waals surface area (Å²) in [5, 5.41) is 2.91. The van der Waals surface area contributed by atoms with Gasteiger partial charge in [0.2, 0.25) is 5.91 Å². The fraction of sp³-hybridized carbons (Fsp3) is 0.909. The van der Waals surface area contributed by atoms with Crippen molar-refractivity contribution in [3.63, 3.8) is 0 Å². The normalized spacial score (nSPS) is 19.5. The van der Waals surface area contributed by atoms with Gasteiger partial charge in [0, 0.05) is 18.5 Å². The fourth-order valence-electron chi connectivity index (χ4n) is 1.77. The van der Waals surface area contributed by atoms with Crippen molar-refractivity contribution in [3.05, 3.63) is 0 Å². The summed E-state index contributed by atoms with van der Waals surface area (Å²) in [5.74, 6) is 0.445.